The highest BCUT2D eigenvalue weighted by Crippen LogP contribution is 2.37. The molecule has 3 fully saturated rings. The number of carbonyl (C=O) groups is 3. The minimum Gasteiger partial charge on any atom is -0.338 e. The van der Waals surface area contributed by atoms with Crippen molar-refractivity contribution < 1.29 is 14.4 Å². The molecule has 3 aliphatic rings. The van der Waals surface area contributed by atoms with Gasteiger partial charge in [0, 0.05) is 13.1 Å². The summed E-state index contributed by atoms with van der Waals surface area (Å²) in [7, 11) is 0. The van der Waals surface area contributed by atoms with Gasteiger partial charge in [-0.1, -0.05) is 12.8 Å². The minimum absolute atomic E-state index is 0.0370. The summed E-state index contributed by atoms with van der Waals surface area (Å²) in [5.74, 6) is -0.605. The van der Waals surface area contributed by atoms with Crippen molar-refractivity contribution in [2.24, 2.45) is 11.8 Å². The van der Waals surface area contributed by atoms with E-state index in [1.807, 2.05) is 0 Å². The fraction of sp³-hybridized carbons (Fsp3) is 0.750. The summed E-state index contributed by atoms with van der Waals surface area (Å²) in [6, 6.07) is 0. The van der Waals surface area contributed by atoms with Gasteiger partial charge in [-0.2, -0.15) is 0 Å². The highest BCUT2D eigenvalue weighted by molar-refractivity contribution is 6.07. The van der Waals surface area contributed by atoms with Crippen LogP contribution in [0.2, 0.25) is 0 Å². The van der Waals surface area contributed by atoms with E-state index < -0.39 is 0 Å². The Morgan fingerprint density at radius 2 is 1.59 bits per heavy atom. The summed E-state index contributed by atoms with van der Waals surface area (Å²) in [5.41, 5.74) is 0. The Bertz CT molecular complexity index is 365. The minimum atomic E-state index is -0.141. The van der Waals surface area contributed by atoms with Crippen molar-refractivity contribution in [3.05, 3.63) is 0 Å². The average Bonchev–Trinajstić information content (AvgIpc) is 3.15. The van der Waals surface area contributed by atoms with Gasteiger partial charge in [0.2, 0.25) is 17.7 Å². The maximum Gasteiger partial charge on any atom is 0.242 e. The van der Waals surface area contributed by atoms with Crippen LogP contribution in [0.25, 0.3) is 0 Å². The van der Waals surface area contributed by atoms with E-state index in [1.54, 1.807) is 4.90 Å². The first kappa shape index (κ1) is 10.7. The molecule has 0 bridgehead atoms. The van der Waals surface area contributed by atoms with E-state index in [1.165, 1.54) is 4.90 Å². The molecule has 0 aromatic rings. The predicted molar refractivity (Wildman–Crippen MR) is 58.7 cm³/mol. The lowest BCUT2D eigenvalue weighted by Crippen LogP contribution is -2.38. The second-order valence-electron chi connectivity index (χ2n) is 5.14. The molecule has 0 aromatic heterocycles. The van der Waals surface area contributed by atoms with Crippen molar-refractivity contribution >= 4 is 17.7 Å². The Hall–Kier alpha value is -1.39. The molecular formula is C12H16N2O3. The first-order valence-electron chi connectivity index (χ1n) is 6.31. The van der Waals surface area contributed by atoms with Gasteiger partial charge in [-0.25, -0.2) is 0 Å². The van der Waals surface area contributed by atoms with Crippen molar-refractivity contribution in [1.29, 1.82) is 0 Å². The third-order valence-electron chi connectivity index (χ3n) is 4.03. The third-order valence-corrected chi connectivity index (χ3v) is 4.03. The molecule has 1 aliphatic carbocycles. The van der Waals surface area contributed by atoms with Crippen LogP contribution in [0.5, 0.6) is 0 Å². The van der Waals surface area contributed by atoms with Gasteiger partial charge in [-0.3, -0.25) is 19.3 Å². The summed E-state index contributed by atoms with van der Waals surface area (Å²) in [6.45, 7) is 1.49. The van der Waals surface area contributed by atoms with Crippen LogP contribution in [0.3, 0.4) is 0 Å². The van der Waals surface area contributed by atoms with E-state index in [0.29, 0.717) is 0 Å². The lowest BCUT2D eigenvalue weighted by Gasteiger charge is -2.19. The molecule has 1 saturated carbocycles. The fourth-order valence-corrected chi connectivity index (χ4v) is 2.92. The van der Waals surface area contributed by atoms with Gasteiger partial charge in [-0.05, 0) is 12.8 Å². The quantitative estimate of drug-likeness (QED) is 0.501. The second kappa shape index (κ2) is 3.82. The van der Waals surface area contributed by atoms with Crippen LogP contribution in [-0.4, -0.2) is 47.2 Å². The zero-order valence-corrected chi connectivity index (χ0v) is 9.72. The van der Waals surface area contributed by atoms with Crippen LogP contribution in [0.15, 0.2) is 0 Å². The molecule has 0 aromatic carbocycles. The lowest BCUT2D eigenvalue weighted by molar-refractivity contribution is -0.144. The monoisotopic (exact) mass is 236 g/mol. The molecule has 0 radical (unpaired) electrons. The zero-order chi connectivity index (χ0) is 12.0. The van der Waals surface area contributed by atoms with Crippen LogP contribution in [0, 0.1) is 11.8 Å². The van der Waals surface area contributed by atoms with Crippen LogP contribution in [0.4, 0.5) is 0 Å². The van der Waals surface area contributed by atoms with Crippen LogP contribution in [0.1, 0.15) is 25.7 Å². The molecule has 3 amide bonds. The van der Waals surface area contributed by atoms with E-state index in [4.69, 9.17) is 0 Å². The van der Waals surface area contributed by atoms with Crippen LogP contribution >= 0.6 is 0 Å². The molecule has 2 heterocycles. The largest absolute Gasteiger partial charge is 0.338 e. The van der Waals surface area contributed by atoms with Gasteiger partial charge in [0.15, 0.2) is 0 Å². The second-order valence-corrected chi connectivity index (χ2v) is 5.14. The third kappa shape index (κ3) is 1.73. The zero-order valence-electron chi connectivity index (χ0n) is 9.72. The average molecular weight is 236 g/mol. The van der Waals surface area contributed by atoms with E-state index in [9.17, 15) is 14.4 Å². The molecule has 0 N–H and O–H groups in total. The summed E-state index contributed by atoms with van der Waals surface area (Å²) in [6.07, 6.45) is 3.66. The van der Waals surface area contributed by atoms with Crippen molar-refractivity contribution in [2.45, 2.75) is 25.7 Å². The number of likely N-dealkylation sites (tertiary alicyclic amines) is 1. The maximum absolute atomic E-state index is 12.1. The number of imide groups is 1. The lowest BCUT2D eigenvalue weighted by atomic mass is 9.81. The topological polar surface area (TPSA) is 57.5 Å². The molecule has 2 unspecified atom stereocenters. The molecule has 2 saturated heterocycles. The number of hydrogen-bond acceptors (Lipinski definition) is 3. The van der Waals surface area contributed by atoms with E-state index >= 15 is 0 Å². The van der Waals surface area contributed by atoms with Crippen LogP contribution < -0.4 is 0 Å². The first-order valence-corrected chi connectivity index (χ1v) is 6.31. The Labute approximate surface area is 99.7 Å². The SMILES string of the molecule is O=C(CN1C(=O)C2CCCCC2C1=O)N1CC1. The molecule has 2 atom stereocenters. The highest BCUT2D eigenvalue weighted by Gasteiger charge is 2.49. The predicted octanol–water partition coefficient (Wildman–Crippen LogP) is 0.00380. The summed E-state index contributed by atoms with van der Waals surface area (Å²) in [4.78, 5) is 38.6. The van der Waals surface area contributed by atoms with E-state index in [0.717, 1.165) is 38.8 Å². The van der Waals surface area contributed by atoms with Gasteiger partial charge in [0.1, 0.15) is 6.54 Å². The summed E-state index contributed by atoms with van der Waals surface area (Å²) >= 11 is 0. The maximum atomic E-state index is 12.1. The van der Waals surface area contributed by atoms with Crippen molar-refractivity contribution in [3.8, 4) is 0 Å². The number of hydrogen-bond donors (Lipinski definition) is 0. The Kier molecular flexibility index (Phi) is 2.42. The summed E-state index contributed by atoms with van der Waals surface area (Å²) in [5, 5.41) is 0. The van der Waals surface area contributed by atoms with Crippen LogP contribution in [-0.2, 0) is 14.4 Å². The standard InChI is InChI=1S/C12H16N2O3/c15-10(13-5-6-13)7-14-11(16)8-3-1-2-4-9(8)12(14)17/h8-9H,1-7H2. The van der Waals surface area contributed by atoms with Gasteiger partial charge >= 0.3 is 0 Å². The number of carbonyl (C=O) groups excluding carboxylic acids is 3. The van der Waals surface area contributed by atoms with Gasteiger partial charge in [-0.15, -0.1) is 0 Å². The van der Waals surface area contributed by atoms with Crippen molar-refractivity contribution in [3.63, 3.8) is 0 Å². The number of rotatable bonds is 2. The number of nitrogens with zero attached hydrogens (tertiary/aromatic N) is 2. The number of amides is 3. The van der Waals surface area contributed by atoms with Gasteiger partial charge in [0.05, 0.1) is 11.8 Å². The molecule has 5 heteroatoms. The van der Waals surface area contributed by atoms with Crippen molar-refractivity contribution in [1.82, 2.24) is 9.80 Å². The first-order chi connectivity index (χ1) is 8.18. The normalized spacial score (nSPS) is 31.8. The fourth-order valence-electron chi connectivity index (χ4n) is 2.92. The van der Waals surface area contributed by atoms with Crippen molar-refractivity contribution in [2.75, 3.05) is 19.6 Å². The summed E-state index contributed by atoms with van der Waals surface area (Å²) < 4.78 is 0. The molecule has 5 nitrogen and oxygen atoms in total. The molecule has 92 valence electrons. The van der Waals surface area contributed by atoms with Gasteiger partial charge < -0.3 is 4.90 Å². The molecule has 0 spiro atoms. The molecule has 2 aliphatic heterocycles. The van der Waals surface area contributed by atoms with E-state index in [2.05, 4.69) is 0 Å². The van der Waals surface area contributed by atoms with E-state index in [-0.39, 0.29) is 36.1 Å². The Balaban J connectivity index is 1.73. The Morgan fingerprint density at radius 3 is 2.06 bits per heavy atom. The van der Waals surface area contributed by atoms with Gasteiger partial charge in [0.25, 0.3) is 0 Å². The molecule has 17 heavy (non-hydrogen) atoms. The highest BCUT2D eigenvalue weighted by atomic mass is 16.2. The number of fused-ring (bicyclic) bond motifs is 1. The molecule has 3 rings (SSSR count). The smallest absolute Gasteiger partial charge is 0.242 e. The molecular weight excluding hydrogens is 220 g/mol. The Morgan fingerprint density at radius 1 is 1.06 bits per heavy atom.